The molecule has 0 aliphatic heterocycles. The first kappa shape index (κ1) is 16.4. The topological polar surface area (TPSA) is 64.3 Å². The highest BCUT2D eigenvalue weighted by atomic mass is 32.1. The number of carbonyl (C=O) groups excluding carboxylic acids is 1. The van der Waals surface area contributed by atoms with Gasteiger partial charge in [-0.1, -0.05) is 30.3 Å². The molecule has 0 bridgehead atoms. The molecule has 1 unspecified atom stereocenters. The van der Waals surface area contributed by atoms with E-state index in [4.69, 9.17) is 5.73 Å². The Morgan fingerprint density at radius 1 is 1.36 bits per heavy atom. The molecule has 0 spiro atoms. The molecule has 7 heteroatoms. The van der Waals surface area contributed by atoms with E-state index in [-0.39, 0.29) is 23.2 Å². The van der Waals surface area contributed by atoms with E-state index < -0.39 is 12.5 Å². The molecule has 1 aromatic heterocycles. The van der Waals surface area contributed by atoms with Crippen LogP contribution in [-0.2, 0) is 0 Å². The Balaban J connectivity index is 2.00. The Morgan fingerprint density at radius 2 is 2.05 bits per heavy atom. The molecule has 2 aromatic rings. The van der Waals surface area contributed by atoms with Gasteiger partial charge >= 0.3 is 6.61 Å². The Kier molecular flexibility index (Phi) is 5.46. The normalized spacial score (nSPS) is 12.2. The quantitative estimate of drug-likeness (QED) is 0.857. The van der Waals surface area contributed by atoms with Crippen molar-refractivity contribution in [2.75, 3.05) is 6.54 Å². The maximum atomic E-state index is 12.3. The largest absolute Gasteiger partial charge is 0.433 e. The van der Waals surface area contributed by atoms with Crippen LogP contribution in [0.1, 0.15) is 26.2 Å². The Labute approximate surface area is 130 Å². The maximum absolute atomic E-state index is 12.3. The van der Waals surface area contributed by atoms with Gasteiger partial charge in [0.05, 0.1) is 0 Å². The fraction of sp³-hybridized carbons (Fsp3) is 0.267. The van der Waals surface area contributed by atoms with Gasteiger partial charge < -0.3 is 15.8 Å². The molecule has 2 rings (SSSR count). The zero-order chi connectivity index (χ0) is 16.1. The van der Waals surface area contributed by atoms with Gasteiger partial charge in [-0.15, -0.1) is 11.3 Å². The summed E-state index contributed by atoms with van der Waals surface area (Å²) < 4.78 is 29.0. The summed E-state index contributed by atoms with van der Waals surface area (Å²) in [5.41, 5.74) is 6.87. The van der Waals surface area contributed by atoms with E-state index >= 15 is 0 Å². The van der Waals surface area contributed by atoms with Gasteiger partial charge in [-0.2, -0.15) is 8.78 Å². The summed E-state index contributed by atoms with van der Waals surface area (Å²) in [6.07, 6.45) is 0. The number of halogens is 2. The number of nitrogens with one attached hydrogen (secondary N) is 1. The van der Waals surface area contributed by atoms with E-state index in [0.717, 1.165) is 16.9 Å². The third-order valence-electron chi connectivity index (χ3n) is 2.95. The molecule has 22 heavy (non-hydrogen) atoms. The summed E-state index contributed by atoms with van der Waals surface area (Å²) in [4.78, 5) is 13.0. The first-order valence-electron chi connectivity index (χ1n) is 6.61. The van der Waals surface area contributed by atoms with Crippen molar-refractivity contribution >= 4 is 17.2 Å². The Morgan fingerprint density at radius 3 is 2.68 bits per heavy atom. The van der Waals surface area contributed by atoms with Crippen LogP contribution in [0, 0.1) is 6.92 Å². The molecule has 3 N–H and O–H groups in total. The highest BCUT2D eigenvalue weighted by molar-refractivity contribution is 7.14. The van der Waals surface area contributed by atoms with Crippen LogP contribution >= 0.6 is 11.3 Å². The number of thiophene rings is 1. The molecule has 0 fully saturated rings. The zero-order valence-corrected chi connectivity index (χ0v) is 12.7. The van der Waals surface area contributed by atoms with E-state index in [9.17, 15) is 13.6 Å². The minimum Gasteiger partial charge on any atom is -0.433 e. The monoisotopic (exact) mass is 326 g/mol. The molecular weight excluding hydrogens is 310 g/mol. The van der Waals surface area contributed by atoms with Gasteiger partial charge in [-0.3, -0.25) is 4.79 Å². The first-order chi connectivity index (χ1) is 10.5. The van der Waals surface area contributed by atoms with Gasteiger partial charge in [0.25, 0.3) is 5.91 Å². The second-order valence-electron chi connectivity index (χ2n) is 4.66. The second-order valence-corrected chi connectivity index (χ2v) is 5.91. The predicted octanol–water partition coefficient (Wildman–Crippen LogP) is 3.09. The summed E-state index contributed by atoms with van der Waals surface area (Å²) in [5.74, 6) is -0.580. The minimum absolute atomic E-state index is 0.108. The lowest BCUT2D eigenvalue weighted by Gasteiger charge is -2.13. The number of ether oxygens (including phenoxy) is 1. The average molecular weight is 326 g/mol. The lowest BCUT2D eigenvalue weighted by Crippen LogP contribution is -2.31. The van der Waals surface area contributed by atoms with Crippen LogP contribution in [0.25, 0.3) is 0 Å². The zero-order valence-electron chi connectivity index (χ0n) is 11.9. The molecule has 0 saturated heterocycles. The van der Waals surface area contributed by atoms with Gasteiger partial charge in [-0.05, 0) is 18.6 Å². The molecule has 1 atom stereocenters. The third kappa shape index (κ3) is 4.25. The van der Waals surface area contributed by atoms with Crippen molar-refractivity contribution in [2.24, 2.45) is 5.73 Å². The molecule has 1 amide bonds. The third-order valence-corrected chi connectivity index (χ3v) is 3.98. The number of alkyl halides is 2. The Bertz CT molecular complexity index is 632. The van der Waals surface area contributed by atoms with Crippen molar-refractivity contribution in [1.82, 2.24) is 5.32 Å². The number of benzene rings is 1. The van der Waals surface area contributed by atoms with Crippen molar-refractivity contribution < 1.29 is 18.3 Å². The predicted molar refractivity (Wildman–Crippen MR) is 81.4 cm³/mol. The Hall–Kier alpha value is -1.99. The number of aryl methyl sites for hydroxylation is 1. The highest BCUT2D eigenvalue weighted by Gasteiger charge is 2.19. The fourth-order valence-electron chi connectivity index (χ4n) is 1.93. The molecule has 0 aliphatic rings. The van der Waals surface area contributed by atoms with Crippen LogP contribution in [0.3, 0.4) is 0 Å². The van der Waals surface area contributed by atoms with Crippen LogP contribution < -0.4 is 15.8 Å². The highest BCUT2D eigenvalue weighted by Crippen LogP contribution is 2.30. The van der Waals surface area contributed by atoms with Gasteiger partial charge in [0.1, 0.15) is 10.6 Å². The van der Waals surface area contributed by atoms with Gasteiger partial charge in [0.15, 0.2) is 0 Å². The number of nitrogens with two attached hydrogens (primary N) is 1. The summed E-state index contributed by atoms with van der Waals surface area (Å²) in [7, 11) is 0. The van der Waals surface area contributed by atoms with E-state index in [1.807, 2.05) is 30.3 Å². The van der Waals surface area contributed by atoms with Crippen molar-refractivity contribution in [2.45, 2.75) is 19.6 Å². The molecule has 1 aromatic carbocycles. The molecular formula is C15H16F2N2O2S. The number of carbonyl (C=O) groups is 1. The van der Waals surface area contributed by atoms with Crippen LogP contribution in [0.5, 0.6) is 5.75 Å². The summed E-state index contributed by atoms with van der Waals surface area (Å²) >= 11 is 1.10. The first-order valence-corrected chi connectivity index (χ1v) is 7.43. The van der Waals surface area contributed by atoms with Crippen LogP contribution in [-0.4, -0.2) is 19.1 Å². The number of hydrogen-bond donors (Lipinski definition) is 2. The lowest BCUT2D eigenvalue weighted by atomic mass is 10.1. The summed E-state index contributed by atoms with van der Waals surface area (Å²) in [5, 5.41) is 2.65. The molecule has 4 nitrogen and oxygen atoms in total. The van der Waals surface area contributed by atoms with Crippen molar-refractivity contribution in [1.29, 1.82) is 0 Å². The molecule has 1 heterocycles. The van der Waals surface area contributed by atoms with Crippen molar-refractivity contribution in [3.8, 4) is 5.75 Å². The van der Waals surface area contributed by atoms with Gasteiger partial charge in [-0.25, -0.2) is 0 Å². The lowest BCUT2D eigenvalue weighted by molar-refractivity contribution is -0.0498. The van der Waals surface area contributed by atoms with Crippen molar-refractivity contribution in [3.05, 3.63) is 51.7 Å². The van der Waals surface area contributed by atoms with Crippen LogP contribution in [0.2, 0.25) is 0 Å². The molecule has 0 saturated carbocycles. The van der Waals surface area contributed by atoms with Crippen molar-refractivity contribution in [3.63, 3.8) is 0 Å². The molecule has 0 aliphatic carbocycles. The average Bonchev–Trinajstić information content (AvgIpc) is 2.85. The van der Waals surface area contributed by atoms with E-state index in [1.54, 1.807) is 6.92 Å². The van der Waals surface area contributed by atoms with E-state index in [2.05, 4.69) is 10.1 Å². The van der Waals surface area contributed by atoms with E-state index in [1.165, 1.54) is 6.07 Å². The molecule has 0 radical (unpaired) electrons. The SMILES string of the molecule is Cc1cc(OC(F)F)c(C(=O)NCC(N)c2ccccc2)s1. The smallest absolute Gasteiger partial charge is 0.387 e. The number of rotatable bonds is 6. The fourth-order valence-corrected chi connectivity index (χ4v) is 2.79. The van der Waals surface area contributed by atoms with Crippen LogP contribution in [0.15, 0.2) is 36.4 Å². The number of amides is 1. The van der Waals surface area contributed by atoms with Gasteiger partial charge in [0, 0.05) is 17.5 Å². The van der Waals surface area contributed by atoms with E-state index in [0.29, 0.717) is 4.88 Å². The maximum Gasteiger partial charge on any atom is 0.387 e. The summed E-state index contributed by atoms with van der Waals surface area (Å²) in [6.45, 7) is -1.05. The summed E-state index contributed by atoms with van der Waals surface area (Å²) in [6, 6.07) is 10.3. The standard InChI is InChI=1S/C15H16F2N2O2S/c1-9-7-12(21-15(16)17)13(22-9)14(20)19-8-11(18)10-5-3-2-4-6-10/h2-7,11,15H,8,18H2,1H3,(H,19,20). The number of hydrogen-bond acceptors (Lipinski definition) is 4. The van der Waals surface area contributed by atoms with Crippen LogP contribution in [0.4, 0.5) is 8.78 Å². The second kappa shape index (κ2) is 7.33. The minimum atomic E-state index is -2.97. The van der Waals surface area contributed by atoms with Gasteiger partial charge in [0.2, 0.25) is 0 Å². The molecule has 118 valence electrons.